The molecule has 122 valence electrons. The lowest BCUT2D eigenvalue weighted by Gasteiger charge is -2.26. The van der Waals surface area contributed by atoms with Crippen LogP contribution in [0.2, 0.25) is 0 Å². The standard InChI is InChI=1S/C16H22N6O/c1-2-14(21-8-3-4-9-21)11-17-16(23)13-6-5-7-15(10-13)22-12-18-19-20-22/h5-7,10,12,14H,2-4,8-9,11H2,1H3,(H,17,23)/t14-/m1/s1. The smallest absolute Gasteiger partial charge is 0.251 e. The van der Waals surface area contributed by atoms with Crippen LogP contribution in [0.25, 0.3) is 5.69 Å². The van der Waals surface area contributed by atoms with Gasteiger partial charge in [0.25, 0.3) is 5.91 Å². The Bertz CT molecular complexity index is 636. The molecule has 1 aliphatic heterocycles. The second-order valence-corrected chi connectivity index (χ2v) is 5.82. The van der Waals surface area contributed by atoms with Crippen LogP contribution in [0.3, 0.4) is 0 Å². The average molecular weight is 314 g/mol. The largest absolute Gasteiger partial charge is 0.350 e. The quantitative estimate of drug-likeness (QED) is 0.869. The molecule has 1 aromatic heterocycles. The summed E-state index contributed by atoms with van der Waals surface area (Å²) in [6, 6.07) is 7.72. The van der Waals surface area contributed by atoms with Crippen molar-refractivity contribution in [1.82, 2.24) is 30.4 Å². The Balaban J connectivity index is 1.62. The van der Waals surface area contributed by atoms with Crippen molar-refractivity contribution in [3.05, 3.63) is 36.2 Å². The van der Waals surface area contributed by atoms with E-state index in [0.29, 0.717) is 18.2 Å². The summed E-state index contributed by atoms with van der Waals surface area (Å²) in [6.07, 6.45) is 5.08. The van der Waals surface area contributed by atoms with E-state index in [0.717, 1.165) is 25.2 Å². The molecular weight excluding hydrogens is 292 g/mol. The molecule has 1 N–H and O–H groups in total. The van der Waals surface area contributed by atoms with E-state index < -0.39 is 0 Å². The van der Waals surface area contributed by atoms with Crippen LogP contribution in [0.1, 0.15) is 36.5 Å². The number of nitrogens with zero attached hydrogens (tertiary/aromatic N) is 5. The average Bonchev–Trinajstić information content (AvgIpc) is 3.29. The van der Waals surface area contributed by atoms with Crippen LogP contribution >= 0.6 is 0 Å². The molecule has 1 atom stereocenters. The van der Waals surface area contributed by atoms with E-state index in [-0.39, 0.29) is 5.91 Å². The number of rotatable bonds is 6. The zero-order chi connectivity index (χ0) is 16.1. The maximum atomic E-state index is 12.4. The molecule has 0 spiro atoms. The van der Waals surface area contributed by atoms with E-state index in [4.69, 9.17) is 0 Å². The molecule has 2 aromatic rings. The van der Waals surface area contributed by atoms with Gasteiger partial charge in [-0.1, -0.05) is 13.0 Å². The predicted octanol–water partition coefficient (Wildman–Crippen LogP) is 1.27. The van der Waals surface area contributed by atoms with Gasteiger partial charge in [-0.15, -0.1) is 5.10 Å². The number of tetrazole rings is 1. The van der Waals surface area contributed by atoms with Gasteiger partial charge in [0, 0.05) is 18.2 Å². The number of hydrogen-bond donors (Lipinski definition) is 1. The fourth-order valence-corrected chi connectivity index (χ4v) is 3.02. The third-order valence-electron chi connectivity index (χ3n) is 4.35. The SMILES string of the molecule is CC[C@H](CNC(=O)c1cccc(-n2cnnn2)c1)N1CCCC1. The number of nitrogens with one attached hydrogen (secondary N) is 1. The number of likely N-dealkylation sites (tertiary alicyclic amines) is 1. The van der Waals surface area contributed by atoms with Crippen LogP contribution in [-0.2, 0) is 0 Å². The molecule has 1 aliphatic rings. The van der Waals surface area contributed by atoms with E-state index in [2.05, 4.69) is 32.7 Å². The van der Waals surface area contributed by atoms with Gasteiger partial charge in [0.15, 0.2) is 0 Å². The molecule has 0 bridgehead atoms. The summed E-state index contributed by atoms with van der Waals surface area (Å²) in [5.74, 6) is -0.0578. The highest BCUT2D eigenvalue weighted by Gasteiger charge is 2.21. The number of carbonyl (C=O) groups excluding carboxylic acids is 1. The highest BCUT2D eigenvalue weighted by atomic mass is 16.1. The Morgan fingerprint density at radius 2 is 2.17 bits per heavy atom. The Kier molecular flexibility index (Phi) is 4.97. The van der Waals surface area contributed by atoms with Crippen molar-refractivity contribution < 1.29 is 4.79 Å². The van der Waals surface area contributed by atoms with Crippen molar-refractivity contribution in [2.75, 3.05) is 19.6 Å². The first kappa shape index (κ1) is 15.6. The molecule has 2 heterocycles. The Labute approximate surface area is 135 Å². The second kappa shape index (κ2) is 7.32. The van der Waals surface area contributed by atoms with Gasteiger partial charge >= 0.3 is 0 Å². The number of aromatic nitrogens is 4. The molecule has 7 nitrogen and oxygen atoms in total. The maximum absolute atomic E-state index is 12.4. The van der Waals surface area contributed by atoms with Crippen LogP contribution in [0.4, 0.5) is 0 Å². The molecular formula is C16H22N6O. The molecule has 0 radical (unpaired) electrons. The lowest BCUT2D eigenvalue weighted by Crippen LogP contribution is -2.42. The van der Waals surface area contributed by atoms with Gasteiger partial charge in [0.1, 0.15) is 6.33 Å². The minimum atomic E-state index is -0.0578. The number of carbonyl (C=O) groups is 1. The lowest BCUT2D eigenvalue weighted by molar-refractivity contribution is 0.0937. The van der Waals surface area contributed by atoms with Gasteiger partial charge < -0.3 is 5.32 Å². The molecule has 3 rings (SSSR count). The van der Waals surface area contributed by atoms with Crippen LogP contribution in [0, 0.1) is 0 Å². The summed E-state index contributed by atoms with van der Waals surface area (Å²) in [5, 5.41) is 14.1. The number of hydrogen-bond acceptors (Lipinski definition) is 5. The summed E-state index contributed by atoms with van der Waals surface area (Å²) in [5.41, 5.74) is 1.39. The molecule has 1 saturated heterocycles. The highest BCUT2D eigenvalue weighted by molar-refractivity contribution is 5.94. The van der Waals surface area contributed by atoms with E-state index in [1.807, 2.05) is 12.1 Å². The molecule has 1 fully saturated rings. The fourth-order valence-electron chi connectivity index (χ4n) is 3.02. The van der Waals surface area contributed by atoms with Gasteiger partial charge in [-0.25, -0.2) is 4.68 Å². The monoisotopic (exact) mass is 314 g/mol. The Morgan fingerprint density at radius 1 is 1.35 bits per heavy atom. The van der Waals surface area contributed by atoms with E-state index in [9.17, 15) is 4.79 Å². The van der Waals surface area contributed by atoms with Crippen molar-refractivity contribution in [2.45, 2.75) is 32.2 Å². The minimum Gasteiger partial charge on any atom is -0.350 e. The third kappa shape index (κ3) is 3.73. The summed E-state index contributed by atoms with van der Waals surface area (Å²) in [6.45, 7) is 5.14. The number of benzene rings is 1. The fraction of sp³-hybridized carbons (Fsp3) is 0.500. The first-order valence-corrected chi connectivity index (χ1v) is 8.13. The van der Waals surface area contributed by atoms with Crippen LogP contribution in [-0.4, -0.2) is 56.7 Å². The summed E-state index contributed by atoms with van der Waals surface area (Å²) >= 11 is 0. The van der Waals surface area contributed by atoms with Crippen molar-refractivity contribution in [2.24, 2.45) is 0 Å². The van der Waals surface area contributed by atoms with Gasteiger partial charge in [0.05, 0.1) is 5.69 Å². The van der Waals surface area contributed by atoms with Gasteiger partial charge in [-0.2, -0.15) is 0 Å². The van der Waals surface area contributed by atoms with Crippen LogP contribution < -0.4 is 5.32 Å². The van der Waals surface area contributed by atoms with E-state index >= 15 is 0 Å². The number of amides is 1. The van der Waals surface area contributed by atoms with Crippen molar-refractivity contribution in [1.29, 1.82) is 0 Å². The molecule has 0 saturated carbocycles. The van der Waals surface area contributed by atoms with Crippen LogP contribution in [0.15, 0.2) is 30.6 Å². The maximum Gasteiger partial charge on any atom is 0.251 e. The summed E-state index contributed by atoms with van der Waals surface area (Å²) < 4.78 is 1.54. The lowest BCUT2D eigenvalue weighted by atomic mass is 10.1. The van der Waals surface area contributed by atoms with E-state index in [1.165, 1.54) is 23.9 Å². The molecule has 1 amide bonds. The van der Waals surface area contributed by atoms with Gasteiger partial charge in [-0.3, -0.25) is 9.69 Å². The predicted molar refractivity (Wildman–Crippen MR) is 86.4 cm³/mol. The zero-order valence-corrected chi connectivity index (χ0v) is 13.4. The second-order valence-electron chi connectivity index (χ2n) is 5.82. The topological polar surface area (TPSA) is 75.9 Å². The van der Waals surface area contributed by atoms with Crippen molar-refractivity contribution in [3.63, 3.8) is 0 Å². The Hall–Kier alpha value is -2.28. The summed E-state index contributed by atoms with van der Waals surface area (Å²) in [4.78, 5) is 14.9. The molecule has 0 aliphatic carbocycles. The summed E-state index contributed by atoms with van der Waals surface area (Å²) in [7, 11) is 0. The molecule has 0 unspecified atom stereocenters. The highest BCUT2D eigenvalue weighted by Crippen LogP contribution is 2.14. The first-order chi connectivity index (χ1) is 11.3. The molecule has 1 aromatic carbocycles. The molecule has 7 heteroatoms. The van der Waals surface area contributed by atoms with Gasteiger partial charge in [-0.05, 0) is 61.0 Å². The first-order valence-electron chi connectivity index (χ1n) is 8.13. The van der Waals surface area contributed by atoms with Crippen molar-refractivity contribution >= 4 is 5.91 Å². The zero-order valence-electron chi connectivity index (χ0n) is 13.4. The third-order valence-corrected chi connectivity index (χ3v) is 4.35. The molecule has 23 heavy (non-hydrogen) atoms. The van der Waals surface area contributed by atoms with E-state index in [1.54, 1.807) is 12.1 Å². The van der Waals surface area contributed by atoms with Crippen molar-refractivity contribution in [3.8, 4) is 5.69 Å². The van der Waals surface area contributed by atoms with Crippen LogP contribution in [0.5, 0.6) is 0 Å². The minimum absolute atomic E-state index is 0.0578. The van der Waals surface area contributed by atoms with Gasteiger partial charge in [0.2, 0.25) is 0 Å². The Morgan fingerprint density at radius 3 is 2.87 bits per heavy atom. The normalized spacial score (nSPS) is 16.4.